The third kappa shape index (κ3) is 1.25. The van der Waals surface area contributed by atoms with Gasteiger partial charge in [0.05, 0.1) is 6.10 Å². The number of fused-ring (bicyclic) bond motifs is 1. The van der Waals surface area contributed by atoms with E-state index in [1.165, 1.54) is 25.7 Å². The van der Waals surface area contributed by atoms with E-state index < -0.39 is 0 Å². The molecule has 1 heteroatoms. The molecule has 0 saturated heterocycles. The lowest BCUT2D eigenvalue weighted by atomic mass is 10.0. The summed E-state index contributed by atoms with van der Waals surface area (Å²) in [4.78, 5) is 0. The molecule has 0 aromatic carbocycles. The molecule has 0 aromatic rings. The molecule has 0 spiro atoms. The summed E-state index contributed by atoms with van der Waals surface area (Å²) in [6, 6.07) is 0. The molecule has 0 heterocycles. The summed E-state index contributed by atoms with van der Waals surface area (Å²) >= 11 is 0. The van der Waals surface area contributed by atoms with Gasteiger partial charge < -0.3 is 5.11 Å². The zero-order valence-corrected chi connectivity index (χ0v) is 7.37. The summed E-state index contributed by atoms with van der Waals surface area (Å²) in [7, 11) is 0. The minimum atomic E-state index is -0.205. The van der Waals surface area contributed by atoms with Gasteiger partial charge in [0, 0.05) is 6.42 Å². The predicted molar refractivity (Wildman–Crippen MR) is 48.4 cm³/mol. The fourth-order valence-corrected chi connectivity index (χ4v) is 2.88. The topological polar surface area (TPSA) is 20.2 Å². The van der Waals surface area contributed by atoms with Gasteiger partial charge in [0.2, 0.25) is 0 Å². The first-order valence-electron chi connectivity index (χ1n) is 4.96. The van der Waals surface area contributed by atoms with Gasteiger partial charge in [-0.05, 0) is 30.6 Å². The highest BCUT2D eigenvalue weighted by atomic mass is 16.3. The molecular formula is C11H16O. The third-order valence-corrected chi connectivity index (χ3v) is 3.49. The Morgan fingerprint density at radius 2 is 1.92 bits per heavy atom. The van der Waals surface area contributed by atoms with Crippen LogP contribution in [0.4, 0.5) is 0 Å². The SMILES string of the molecule is C#CCC(O)C1C2CCCCC21. The summed E-state index contributed by atoms with van der Waals surface area (Å²) < 4.78 is 0. The zero-order chi connectivity index (χ0) is 8.55. The second-order valence-corrected chi connectivity index (χ2v) is 4.17. The highest BCUT2D eigenvalue weighted by Crippen LogP contribution is 2.57. The van der Waals surface area contributed by atoms with Crippen LogP contribution in [0, 0.1) is 30.1 Å². The monoisotopic (exact) mass is 164 g/mol. The maximum Gasteiger partial charge on any atom is 0.0682 e. The van der Waals surface area contributed by atoms with E-state index in [1.807, 2.05) is 0 Å². The van der Waals surface area contributed by atoms with Gasteiger partial charge in [0.1, 0.15) is 0 Å². The Bertz CT molecular complexity index is 192. The van der Waals surface area contributed by atoms with E-state index in [0.717, 1.165) is 11.8 Å². The molecule has 1 N–H and O–H groups in total. The molecule has 2 aliphatic carbocycles. The molecule has 2 saturated carbocycles. The van der Waals surface area contributed by atoms with E-state index in [0.29, 0.717) is 12.3 Å². The van der Waals surface area contributed by atoms with Gasteiger partial charge in [-0.3, -0.25) is 0 Å². The lowest BCUT2D eigenvalue weighted by molar-refractivity contribution is 0.145. The molecule has 3 unspecified atom stereocenters. The normalized spacial score (nSPS) is 41.2. The van der Waals surface area contributed by atoms with Crippen molar-refractivity contribution in [1.29, 1.82) is 0 Å². The van der Waals surface area contributed by atoms with E-state index in [4.69, 9.17) is 6.42 Å². The Hall–Kier alpha value is -0.480. The lowest BCUT2D eigenvalue weighted by Crippen LogP contribution is -2.09. The molecule has 12 heavy (non-hydrogen) atoms. The second-order valence-electron chi connectivity index (χ2n) is 4.17. The molecule has 0 radical (unpaired) electrons. The molecule has 0 amide bonds. The van der Waals surface area contributed by atoms with Gasteiger partial charge in [-0.2, -0.15) is 0 Å². The first kappa shape index (κ1) is 8.13. The van der Waals surface area contributed by atoms with E-state index in [9.17, 15) is 5.11 Å². The molecule has 2 aliphatic rings. The van der Waals surface area contributed by atoms with Crippen LogP contribution in [0.2, 0.25) is 0 Å². The van der Waals surface area contributed by atoms with Crippen LogP contribution in [-0.4, -0.2) is 11.2 Å². The van der Waals surface area contributed by atoms with E-state index >= 15 is 0 Å². The van der Waals surface area contributed by atoms with Crippen molar-refractivity contribution >= 4 is 0 Å². The van der Waals surface area contributed by atoms with Gasteiger partial charge in [0.15, 0.2) is 0 Å². The quantitative estimate of drug-likeness (QED) is 0.617. The maximum atomic E-state index is 9.68. The molecule has 1 nitrogen and oxygen atoms in total. The lowest BCUT2D eigenvalue weighted by Gasteiger charge is -2.04. The summed E-state index contributed by atoms with van der Waals surface area (Å²) in [6.07, 6.45) is 10.9. The molecule has 3 atom stereocenters. The number of rotatable bonds is 2. The van der Waals surface area contributed by atoms with Gasteiger partial charge >= 0.3 is 0 Å². The van der Waals surface area contributed by atoms with Gasteiger partial charge in [-0.15, -0.1) is 12.3 Å². The van der Waals surface area contributed by atoms with Gasteiger partial charge in [-0.25, -0.2) is 0 Å². The third-order valence-electron chi connectivity index (χ3n) is 3.49. The molecule has 0 aliphatic heterocycles. The fourth-order valence-electron chi connectivity index (χ4n) is 2.88. The Labute approximate surface area is 74.2 Å². The minimum Gasteiger partial charge on any atom is -0.392 e. The van der Waals surface area contributed by atoms with Crippen molar-refractivity contribution in [3.8, 4) is 12.3 Å². The van der Waals surface area contributed by atoms with Crippen molar-refractivity contribution in [2.24, 2.45) is 17.8 Å². The molecule has 0 bridgehead atoms. The minimum absolute atomic E-state index is 0.205. The average Bonchev–Trinajstić information content (AvgIpc) is 2.78. The summed E-state index contributed by atoms with van der Waals surface area (Å²) in [5, 5.41) is 9.68. The van der Waals surface area contributed by atoms with Crippen LogP contribution in [0.15, 0.2) is 0 Å². The fraction of sp³-hybridized carbons (Fsp3) is 0.818. The van der Waals surface area contributed by atoms with Crippen molar-refractivity contribution in [2.75, 3.05) is 0 Å². The van der Waals surface area contributed by atoms with Gasteiger partial charge in [-0.1, -0.05) is 12.8 Å². The number of terminal acetylenes is 1. The van der Waals surface area contributed by atoms with E-state index in [1.54, 1.807) is 0 Å². The molecule has 2 fully saturated rings. The predicted octanol–water partition coefficient (Wildman–Crippen LogP) is 1.81. The van der Waals surface area contributed by atoms with Crippen LogP contribution >= 0.6 is 0 Å². The summed E-state index contributed by atoms with van der Waals surface area (Å²) in [5.41, 5.74) is 0. The van der Waals surface area contributed by atoms with Crippen molar-refractivity contribution in [3.63, 3.8) is 0 Å². The van der Waals surface area contributed by atoms with Crippen molar-refractivity contribution < 1.29 is 5.11 Å². The summed E-state index contributed by atoms with van der Waals surface area (Å²) in [5.74, 6) is 4.75. The Kier molecular flexibility index (Phi) is 2.11. The Balaban J connectivity index is 1.88. The van der Waals surface area contributed by atoms with Crippen molar-refractivity contribution in [2.45, 2.75) is 38.2 Å². The number of hydrogen-bond donors (Lipinski definition) is 1. The number of aliphatic hydroxyl groups excluding tert-OH is 1. The highest BCUT2D eigenvalue weighted by Gasteiger charge is 2.53. The van der Waals surface area contributed by atoms with Crippen LogP contribution in [0.25, 0.3) is 0 Å². The molecular weight excluding hydrogens is 148 g/mol. The van der Waals surface area contributed by atoms with Crippen LogP contribution in [-0.2, 0) is 0 Å². The van der Waals surface area contributed by atoms with Crippen LogP contribution < -0.4 is 0 Å². The zero-order valence-electron chi connectivity index (χ0n) is 7.37. The maximum absolute atomic E-state index is 9.68. The number of hydrogen-bond acceptors (Lipinski definition) is 1. The van der Waals surface area contributed by atoms with E-state index in [2.05, 4.69) is 5.92 Å². The van der Waals surface area contributed by atoms with Crippen LogP contribution in [0.5, 0.6) is 0 Å². The average molecular weight is 164 g/mol. The Morgan fingerprint density at radius 1 is 1.33 bits per heavy atom. The van der Waals surface area contributed by atoms with Crippen molar-refractivity contribution in [3.05, 3.63) is 0 Å². The molecule has 66 valence electrons. The van der Waals surface area contributed by atoms with E-state index in [-0.39, 0.29) is 6.10 Å². The molecule has 2 rings (SSSR count). The highest BCUT2D eigenvalue weighted by molar-refractivity contribution is 5.05. The van der Waals surface area contributed by atoms with Crippen molar-refractivity contribution in [1.82, 2.24) is 0 Å². The van der Waals surface area contributed by atoms with Crippen LogP contribution in [0.3, 0.4) is 0 Å². The largest absolute Gasteiger partial charge is 0.392 e. The summed E-state index contributed by atoms with van der Waals surface area (Å²) in [6.45, 7) is 0. The Morgan fingerprint density at radius 3 is 2.42 bits per heavy atom. The standard InChI is InChI=1S/C11H16O/c1-2-5-10(12)11-8-6-3-4-7-9(8)11/h1,8-12H,3-7H2. The second kappa shape index (κ2) is 3.11. The smallest absolute Gasteiger partial charge is 0.0682 e. The first-order chi connectivity index (χ1) is 5.84. The van der Waals surface area contributed by atoms with Crippen LogP contribution in [0.1, 0.15) is 32.1 Å². The molecule has 0 aromatic heterocycles. The first-order valence-corrected chi connectivity index (χ1v) is 4.96. The van der Waals surface area contributed by atoms with Gasteiger partial charge in [0.25, 0.3) is 0 Å². The number of aliphatic hydroxyl groups is 1.